The lowest BCUT2D eigenvalue weighted by Gasteiger charge is -1.93. The zero-order valence-corrected chi connectivity index (χ0v) is 4.09. The molecule has 0 aromatic carbocycles. The minimum absolute atomic E-state index is 0.423. The van der Waals surface area contributed by atoms with Gasteiger partial charge in [0.1, 0.15) is 15.1 Å². The summed E-state index contributed by atoms with van der Waals surface area (Å²) in [6.07, 6.45) is 3.20. The molecular formula is C3H4NOP. The number of hydrogen-bond acceptors (Lipinski definition) is 2. The van der Waals surface area contributed by atoms with Gasteiger partial charge in [0.25, 0.3) is 0 Å². The smallest absolute Gasteiger partial charge is 0.115 e. The molecule has 1 unspecified atom stereocenters. The highest BCUT2D eigenvalue weighted by atomic mass is 31.1. The van der Waals surface area contributed by atoms with Gasteiger partial charge in [0.2, 0.25) is 0 Å². The van der Waals surface area contributed by atoms with Gasteiger partial charge in [0.05, 0.1) is 12.2 Å². The Balaban J connectivity index is 2.46. The van der Waals surface area contributed by atoms with Crippen LogP contribution in [0.4, 0.5) is 0 Å². The average Bonchev–Trinajstić information content (AvgIpc) is 1.72. The van der Waals surface area contributed by atoms with Crippen molar-refractivity contribution in [2.75, 3.05) is 0 Å². The minimum atomic E-state index is 0.423. The topological polar surface area (TPSA) is 21.6 Å². The second-order valence-electron chi connectivity index (χ2n) is 0.799. The van der Waals surface area contributed by atoms with Gasteiger partial charge in [-0.25, -0.2) is 0 Å². The van der Waals surface area contributed by atoms with Gasteiger partial charge in [-0.3, -0.25) is 4.99 Å². The van der Waals surface area contributed by atoms with Crippen LogP contribution in [0.5, 0.6) is 0 Å². The summed E-state index contributed by atoms with van der Waals surface area (Å²) in [6.45, 7) is 0. The van der Waals surface area contributed by atoms with Crippen LogP contribution in [-0.4, -0.2) is 5.96 Å². The van der Waals surface area contributed by atoms with E-state index < -0.39 is 0 Å². The van der Waals surface area contributed by atoms with Crippen LogP contribution in [0.2, 0.25) is 0 Å². The molecule has 32 valence electrons. The molecule has 1 atom stereocenters. The largest absolute Gasteiger partial charge is 0.477 e. The molecule has 6 heavy (non-hydrogen) atoms. The van der Waals surface area contributed by atoms with E-state index in [0.29, 0.717) is 8.81 Å². The first kappa shape index (κ1) is 3.82. The van der Waals surface area contributed by atoms with Gasteiger partial charge in [0, 0.05) is 0 Å². The number of rotatable bonds is 0. The van der Waals surface area contributed by atoms with Gasteiger partial charge in [-0.15, -0.1) is 0 Å². The Labute approximate surface area is 37.8 Å². The zero-order chi connectivity index (χ0) is 4.24. The fourth-order valence-electron chi connectivity index (χ4n) is 0.209. The molecular weight excluding hydrogens is 97.0 g/mol. The van der Waals surface area contributed by atoms with E-state index in [4.69, 9.17) is 4.52 Å². The molecule has 0 N–H and O–H groups in total. The predicted octanol–water partition coefficient (Wildman–Crippen LogP) is 1.11. The van der Waals surface area contributed by atoms with Crippen molar-refractivity contribution in [2.24, 2.45) is 4.99 Å². The van der Waals surface area contributed by atoms with E-state index in [9.17, 15) is 0 Å². The fraction of sp³-hybridized carbons (Fsp3) is 0. The predicted molar refractivity (Wildman–Crippen MR) is 27.0 cm³/mol. The maximum Gasteiger partial charge on any atom is 0.115 e. The minimum Gasteiger partial charge on any atom is -0.477 e. The maximum absolute atomic E-state index is 4.77. The van der Waals surface area contributed by atoms with Crippen molar-refractivity contribution >= 4 is 14.8 Å². The van der Waals surface area contributed by atoms with Gasteiger partial charge in [-0.1, -0.05) is 0 Å². The summed E-state index contributed by atoms with van der Waals surface area (Å²) in [5.74, 6) is 1.74. The molecule has 0 spiro atoms. The Kier molecular flexibility index (Phi) is 1.23. The standard InChI is InChI=1S/C3H4NOP/c1-2-5-6-3-4-1/h1-3,6H. The van der Waals surface area contributed by atoms with E-state index in [1.165, 1.54) is 0 Å². The third-order valence-electron chi connectivity index (χ3n) is 0.410. The highest BCUT2D eigenvalue weighted by molar-refractivity contribution is 7.50. The quantitative estimate of drug-likeness (QED) is 0.419. The summed E-state index contributed by atoms with van der Waals surface area (Å²) in [4.78, 5) is 3.76. The first-order valence-corrected chi connectivity index (χ1v) is 2.56. The van der Waals surface area contributed by atoms with E-state index in [1.807, 2.05) is 0 Å². The van der Waals surface area contributed by atoms with E-state index >= 15 is 0 Å². The molecule has 3 heteroatoms. The van der Waals surface area contributed by atoms with Crippen LogP contribution in [0.25, 0.3) is 0 Å². The summed E-state index contributed by atoms with van der Waals surface area (Å²) in [5.41, 5.74) is 0. The maximum atomic E-state index is 4.77. The molecule has 0 saturated carbocycles. The Morgan fingerprint density at radius 1 is 1.67 bits per heavy atom. The van der Waals surface area contributed by atoms with Crippen molar-refractivity contribution in [1.82, 2.24) is 0 Å². The van der Waals surface area contributed by atoms with Gasteiger partial charge in [0.15, 0.2) is 0 Å². The molecule has 1 rings (SSSR count). The summed E-state index contributed by atoms with van der Waals surface area (Å²) < 4.78 is 4.77. The van der Waals surface area contributed by atoms with Crippen LogP contribution < -0.4 is 0 Å². The van der Waals surface area contributed by atoms with Crippen molar-refractivity contribution in [3.63, 3.8) is 0 Å². The van der Waals surface area contributed by atoms with Crippen LogP contribution in [0.3, 0.4) is 0 Å². The molecule has 1 aliphatic heterocycles. The van der Waals surface area contributed by atoms with Gasteiger partial charge in [-0.2, -0.15) is 0 Å². The average molecular weight is 101 g/mol. The van der Waals surface area contributed by atoms with E-state index in [1.54, 1.807) is 18.4 Å². The van der Waals surface area contributed by atoms with E-state index in [0.717, 1.165) is 0 Å². The van der Waals surface area contributed by atoms with Gasteiger partial charge < -0.3 is 4.52 Å². The van der Waals surface area contributed by atoms with Crippen molar-refractivity contribution in [2.45, 2.75) is 0 Å². The molecule has 0 aromatic heterocycles. The van der Waals surface area contributed by atoms with Gasteiger partial charge in [-0.05, 0) is 0 Å². The molecule has 0 saturated heterocycles. The van der Waals surface area contributed by atoms with Crippen LogP contribution in [0, 0.1) is 0 Å². The summed E-state index contributed by atoms with van der Waals surface area (Å²) in [5, 5.41) is 0. The van der Waals surface area contributed by atoms with E-state index in [2.05, 4.69) is 4.99 Å². The van der Waals surface area contributed by atoms with Crippen LogP contribution in [-0.2, 0) is 4.52 Å². The van der Waals surface area contributed by atoms with Crippen molar-refractivity contribution in [3.8, 4) is 0 Å². The highest BCUT2D eigenvalue weighted by Crippen LogP contribution is 2.10. The first-order chi connectivity index (χ1) is 3.00. The lowest BCUT2D eigenvalue weighted by molar-refractivity contribution is 0.555. The second-order valence-corrected chi connectivity index (χ2v) is 1.53. The summed E-state index contributed by atoms with van der Waals surface area (Å²) in [7, 11) is 0.423. The van der Waals surface area contributed by atoms with Crippen molar-refractivity contribution in [3.05, 3.63) is 12.5 Å². The number of nitrogens with zero attached hydrogens (tertiary/aromatic N) is 1. The fourth-order valence-corrected chi connectivity index (χ4v) is 0.556. The molecule has 0 aromatic rings. The molecule has 0 amide bonds. The molecule has 0 fully saturated rings. The third-order valence-corrected chi connectivity index (χ3v) is 0.937. The molecule has 0 radical (unpaired) electrons. The van der Waals surface area contributed by atoms with Gasteiger partial charge >= 0.3 is 0 Å². The molecule has 1 heterocycles. The molecule has 1 aliphatic rings. The number of aliphatic imine (C=N–C) groups is 1. The second kappa shape index (κ2) is 1.93. The van der Waals surface area contributed by atoms with Crippen LogP contribution in [0.15, 0.2) is 17.5 Å². The first-order valence-electron chi connectivity index (χ1n) is 1.58. The normalized spacial score (nSPS) is 21.3. The Morgan fingerprint density at radius 3 is 2.83 bits per heavy atom. The van der Waals surface area contributed by atoms with Crippen molar-refractivity contribution < 1.29 is 4.52 Å². The third kappa shape index (κ3) is 0.798. The lowest BCUT2D eigenvalue weighted by Crippen LogP contribution is -1.67. The zero-order valence-electron chi connectivity index (χ0n) is 3.09. The SMILES string of the molecule is C1=COPC=N1. The summed E-state index contributed by atoms with van der Waals surface area (Å²) in [6, 6.07) is 0. The highest BCUT2D eigenvalue weighted by Gasteiger charge is 1.77. The lowest BCUT2D eigenvalue weighted by atomic mass is 11.0. The van der Waals surface area contributed by atoms with E-state index in [-0.39, 0.29) is 0 Å². The Bertz CT molecular complexity index is 76.8. The Hall–Kier alpha value is -0.360. The van der Waals surface area contributed by atoms with Crippen LogP contribution in [0.1, 0.15) is 0 Å². The van der Waals surface area contributed by atoms with Crippen LogP contribution >= 0.6 is 8.81 Å². The molecule has 2 nitrogen and oxygen atoms in total. The Morgan fingerprint density at radius 2 is 2.67 bits per heavy atom. The van der Waals surface area contributed by atoms with Crippen molar-refractivity contribution in [1.29, 1.82) is 0 Å². The monoisotopic (exact) mass is 101 g/mol. The summed E-state index contributed by atoms with van der Waals surface area (Å²) >= 11 is 0. The molecule has 0 bridgehead atoms. The molecule has 0 aliphatic carbocycles. The number of hydrogen-bond donors (Lipinski definition) is 0.